The van der Waals surface area contributed by atoms with Crippen LogP contribution in [-0.2, 0) is 0 Å². The minimum Gasteiger partial charge on any atom is -0.490 e. The van der Waals surface area contributed by atoms with Crippen LogP contribution >= 0.6 is 0 Å². The Labute approximate surface area is 214 Å². The van der Waals surface area contributed by atoms with Crippen molar-refractivity contribution in [2.45, 2.75) is 33.2 Å². The quantitative estimate of drug-likeness (QED) is 0.280. The van der Waals surface area contributed by atoms with Crippen LogP contribution < -0.4 is 19.8 Å². The van der Waals surface area contributed by atoms with Crippen LogP contribution in [0.3, 0.4) is 0 Å². The molecule has 1 amide bonds. The zero-order valence-electron chi connectivity index (χ0n) is 20.9. The van der Waals surface area contributed by atoms with Crippen molar-refractivity contribution in [2.75, 3.05) is 18.1 Å². The highest BCUT2D eigenvalue weighted by Crippen LogP contribution is 2.43. The molecule has 188 valence electrons. The molecule has 4 aromatic rings. The van der Waals surface area contributed by atoms with Gasteiger partial charge in [0.05, 0.1) is 30.2 Å². The average Bonchev–Trinajstić information content (AvgIpc) is 3.20. The van der Waals surface area contributed by atoms with Crippen LogP contribution in [0.4, 0.5) is 5.69 Å². The monoisotopic (exact) mass is 497 g/mol. The van der Waals surface area contributed by atoms with Gasteiger partial charge in [0, 0.05) is 11.3 Å². The molecular weight excluding hydrogens is 470 g/mol. The number of carbonyl (C=O) groups excluding carboxylic acids is 2. The third-order valence-electron chi connectivity index (χ3n) is 6.37. The summed E-state index contributed by atoms with van der Waals surface area (Å²) in [5.41, 5.74) is 2.11. The Balaban J connectivity index is 1.72. The highest BCUT2D eigenvalue weighted by molar-refractivity contribution is 6.11. The van der Waals surface area contributed by atoms with E-state index >= 15 is 0 Å². The minimum absolute atomic E-state index is 0.00798. The lowest BCUT2D eigenvalue weighted by atomic mass is 9.97. The first-order valence-corrected chi connectivity index (χ1v) is 12.3. The molecule has 1 aliphatic rings. The molecular formula is C30H27NO6. The Hall–Kier alpha value is -4.39. The standard InChI is InChI=1S/C30H27NO6/c1-4-16-36-24-15-12-20(17-25(24)35-5-2)27-26-28(33)22-8-6-7-9-23(22)37-29(26)30(34)31(27)21-13-10-19(11-14-21)18(3)32/h6-15,17,27H,4-5,16H2,1-3H3. The molecule has 0 fully saturated rings. The molecule has 37 heavy (non-hydrogen) atoms. The Morgan fingerprint density at radius 1 is 0.946 bits per heavy atom. The molecule has 5 rings (SSSR count). The molecule has 0 radical (unpaired) electrons. The lowest BCUT2D eigenvalue weighted by Gasteiger charge is -2.26. The maximum atomic E-state index is 13.8. The minimum atomic E-state index is -0.758. The van der Waals surface area contributed by atoms with Crippen LogP contribution in [-0.4, -0.2) is 24.9 Å². The number of ether oxygens (including phenoxy) is 2. The van der Waals surface area contributed by atoms with Gasteiger partial charge in [-0.1, -0.05) is 25.1 Å². The smallest absolute Gasteiger partial charge is 0.295 e. The fraction of sp³-hybridized carbons (Fsp3) is 0.233. The lowest BCUT2D eigenvalue weighted by molar-refractivity contribution is 0.0970. The summed E-state index contributed by atoms with van der Waals surface area (Å²) in [6.07, 6.45) is 0.843. The zero-order valence-corrected chi connectivity index (χ0v) is 20.9. The first kappa shape index (κ1) is 24.3. The van der Waals surface area contributed by atoms with E-state index in [1.54, 1.807) is 54.6 Å². The van der Waals surface area contributed by atoms with Crippen LogP contribution in [0.25, 0.3) is 11.0 Å². The molecule has 2 heterocycles. The molecule has 1 unspecified atom stereocenters. The van der Waals surface area contributed by atoms with Gasteiger partial charge in [0.2, 0.25) is 5.76 Å². The molecule has 0 spiro atoms. The molecule has 7 heteroatoms. The molecule has 1 aliphatic heterocycles. The number of carbonyl (C=O) groups is 2. The average molecular weight is 498 g/mol. The van der Waals surface area contributed by atoms with Gasteiger partial charge in [-0.3, -0.25) is 19.3 Å². The van der Waals surface area contributed by atoms with E-state index in [1.807, 2.05) is 26.0 Å². The van der Waals surface area contributed by atoms with E-state index in [2.05, 4.69) is 0 Å². The maximum Gasteiger partial charge on any atom is 0.295 e. The molecule has 0 N–H and O–H groups in total. The van der Waals surface area contributed by atoms with E-state index in [4.69, 9.17) is 13.9 Å². The number of para-hydroxylation sites is 1. The lowest BCUT2D eigenvalue weighted by Crippen LogP contribution is -2.29. The SMILES string of the molecule is CCCOc1ccc(C2c3c(oc4ccccc4c3=O)C(=O)N2c2ccc(C(C)=O)cc2)cc1OCC. The number of amides is 1. The first-order valence-electron chi connectivity index (χ1n) is 12.3. The van der Waals surface area contributed by atoms with Crippen LogP contribution in [0.15, 0.2) is 75.9 Å². The van der Waals surface area contributed by atoms with E-state index < -0.39 is 11.9 Å². The summed E-state index contributed by atoms with van der Waals surface area (Å²) in [7, 11) is 0. The third-order valence-corrected chi connectivity index (χ3v) is 6.37. The number of ketones is 1. The second-order valence-electron chi connectivity index (χ2n) is 8.84. The number of hydrogen-bond acceptors (Lipinski definition) is 6. The van der Waals surface area contributed by atoms with Gasteiger partial charge in [0.25, 0.3) is 5.91 Å². The van der Waals surface area contributed by atoms with E-state index in [0.29, 0.717) is 52.5 Å². The van der Waals surface area contributed by atoms with Gasteiger partial charge in [-0.25, -0.2) is 0 Å². The van der Waals surface area contributed by atoms with Crippen molar-refractivity contribution in [1.29, 1.82) is 0 Å². The van der Waals surface area contributed by atoms with E-state index in [-0.39, 0.29) is 22.5 Å². The van der Waals surface area contributed by atoms with Crippen LogP contribution in [0.2, 0.25) is 0 Å². The molecule has 7 nitrogen and oxygen atoms in total. The van der Waals surface area contributed by atoms with Gasteiger partial charge in [-0.15, -0.1) is 0 Å². The highest BCUT2D eigenvalue weighted by atomic mass is 16.5. The third kappa shape index (κ3) is 4.27. The number of anilines is 1. The predicted octanol–water partition coefficient (Wildman–Crippen LogP) is 5.93. The number of rotatable bonds is 8. The molecule has 3 aromatic carbocycles. The molecule has 1 atom stereocenters. The van der Waals surface area contributed by atoms with E-state index in [9.17, 15) is 14.4 Å². The Morgan fingerprint density at radius 3 is 2.41 bits per heavy atom. The van der Waals surface area contributed by atoms with E-state index in [0.717, 1.165) is 6.42 Å². The van der Waals surface area contributed by atoms with Crippen molar-refractivity contribution < 1.29 is 23.5 Å². The largest absolute Gasteiger partial charge is 0.490 e. The summed E-state index contributed by atoms with van der Waals surface area (Å²) in [5.74, 6) is 0.633. The molecule has 0 aliphatic carbocycles. The second-order valence-corrected chi connectivity index (χ2v) is 8.84. The molecule has 0 saturated heterocycles. The van der Waals surface area contributed by atoms with Gasteiger partial charge in [-0.2, -0.15) is 0 Å². The fourth-order valence-corrected chi connectivity index (χ4v) is 4.65. The van der Waals surface area contributed by atoms with Crippen molar-refractivity contribution in [3.63, 3.8) is 0 Å². The van der Waals surface area contributed by atoms with Gasteiger partial charge in [0.1, 0.15) is 5.58 Å². The van der Waals surface area contributed by atoms with Crippen molar-refractivity contribution in [3.05, 3.63) is 99.4 Å². The van der Waals surface area contributed by atoms with Gasteiger partial charge < -0.3 is 13.9 Å². The first-order chi connectivity index (χ1) is 17.9. The van der Waals surface area contributed by atoms with Gasteiger partial charge in [-0.05, 0) is 74.4 Å². The summed E-state index contributed by atoms with van der Waals surface area (Å²) < 4.78 is 17.7. The van der Waals surface area contributed by atoms with Crippen LogP contribution in [0.5, 0.6) is 11.5 Å². The number of benzene rings is 3. The summed E-state index contributed by atoms with van der Waals surface area (Å²) in [4.78, 5) is 40.9. The van der Waals surface area contributed by atoms with Gasteiger partial charge >= 0.3 is 0 Å². The van der Waals surface area contributed by atoms with Crippen molar-refractivity contribution in [1.82, 2.24) is 0 Å². The van der Waals surface area contributed by atoms with E-state index in [1.165, 1.54) is 11.8 Å². The highest BCUT2D eigenvalue weighted by Gasteiger charge is 2.44. The van der Waals surface area contributed by atoms with Crippen LogP contribution in [0, 0.1) is 0 Å². The summed E-state index contributed by atoms with van der Waals surface area (Å²) in [6.45, 7) is 6.35. The fourth-order valence-electron chi connectivity index (χ4n) is 4.65. The summed E-state index contributed by atoms with van der Waals surface area (Å²) in [6, 6.07) is 18.4. The number of fused-ring (bicyclic) bond motifs is 2. The summed E-state index contributed by atoms with van der Waals surface area (Å²) in [5, 5.41) is 0.403. The topological polar surface area (TPSA) is 86.0 Å². The van der Waals surface area contributed by atoms with Gasteiger partial charge in [0.15, 0.2) is 22.7 Å². The van der Waals surface area contributed by atoms with Crippen molar-refractivity contribution >= 4 is 28.3 Å². The molecule has 0 saturated carbocycles. The Morgan fingerprint density at radius 2 is 1.70 bits per heavy atom. The maximum absolute atomic E-state index is 13.8. The Kier molecular flexibility index (Phi) is 6.53. The zero-order chi connectivity index (χ0) is 26.1. The van der Waals surface area contributed by atoms with Crippen molar-refractivity contribution in [2.24, 2.45) is 0 Å². The van der Waals surface area contributed by atoms with Crippen molar-refractivity contribution in [3.8, 4) is 11.5 Å². The van der Waals surface area contributed by atoms with Crippen LogP contribution in [0.1, 0.15) is 65.3 Å². The molecule has 1 aromatic heterocycles. The normalized spacial score (nSPS) is 14.6. The Bertz CT molecular complexity index is 1550. The number of hydrogen-bond donors (Lipinski definition) is 0. The summed E-state index contributed by atoms with van der Waals surface area (Å²) >= 11 is 0. The predicted molar refractivity (Wildman–Crippen MR) is 141 cm³/mol. The number of Topliss-reactive ketones (excluding diaryl/α,β-unsaturated/α-hetero) is 1. The molecule has 0 bridgehead atoms. The second kappa shape index (κ2) is 9.93. The number of nitrogens with zero attached hydrogens (tertiary/aromatic N) is 1.